The summed E-state index contributed by atoms with van der Waals surface area (Å²) in [7, 11) is 0. The molecule has 4 rings (SSSR count). The minimum absolute atomic E-state index is 0.0315. The molecule has 0 aliphatic carbocycles. The molecule has 2 aliphatic rings. The number of nitrogens with one attached hydrogen (secondary N) is 1. The maximum absolute atomic E-state index is 12.9. The summed E-state index contributed by atoms with van der Waals surface area (Å²) in [6, 6.07) is 7.26. The second-order valence-corrected chi connectivity index (χ2v) is 6.88. The Morgan fingerprint density at radius 2 is 2.22 bits per heavy atom. The Morgan fingerprint density at radius 3 is 3.00 bits per heavy atom. The highest BCUT2D eigenvalue weighted by Gasteiger charge is 2.29. The van der Waals surface area contributed by atoms with Crippen molar-refractivity contribution < 1.29 is 9.59 Å². The van der Waals surface area contributed by atoms with Crippen LogP contribution in [0.15, 0.2) is 30.5 Å². The van der Waals surface area contributed by atoms with Crippen LogP contribution >= 0.6 is 0 Å². The van der Waals surface area contributed by atoms with Crippen LogP contribution in [0.4, 0.5) is 10.5 Å². The van der Waals surface area contributed by atoms with Gasteiger partial charge in [-0.25, -0.2) is 9.48 Å². The quantitative estimate of drug-likeness (QED) is 0.826. The topological polar surface area (TPSA) is 109 Å². The predicted molar refractivity (Wildman–Crippen MR) is 99.3 cm³/mol. The number of carbonyl (C=O) groups is 2. The molecule has 0 radical (unpaired) electrons. The molecule has 1 aromatic carbocycles. The molecule has 2 fully saturated rings. The lowest BCUT2D eigenvalue weighted by Gasteiger charge is -2.28. The van der Waals surface area contributed by atoms with Crippen molar-refractivity contribution in [1.82, 2.24) is 25.2 Å². The van der Waals surface area contributed by atoms with Crippen molar-refractivity contribution in [2.45, 2.75) is 25.4 Å². The van der Waals surface area contributed by atoms with Crippen LogP contribution in [0.5, 0.6) is 0 Å². The molecule has 0 spiro atoms. The third-order valence-electron chi connectivity index (χ3n) is 5.08. The van der Waals surface area contributed by atoms with Gasteiger partial charge in [-0.3, -0.25) is 9.69 Å². The Bertz CT molecular complexity index is 850. The molecule has 2 aliphatic heterocycles. The Hall–Kier alpha value is -2.94. The molecular formula is C18H23N7O2. The summed E-state index contributed by atoms with van der Waals surface area (Å²) in [6.07, 6.45) is 3.56. The third-order valence-corrected chi connectivity index (χ3v) is 5.08. The van der Waals surface area contributed by atoms with Crippen LogP contribution in [0.1, 0.15) is 34.9 Å². The van der Waals surface area contributed by atoms with Crippen molar-refractivity contribution in [3.05, 3.63) is 41.7 Å². The average molecular weight is 369 g/mol. The van der Waals surface area contributed by atoms with Crippen molar-refractivity contribution in [3.63, 3.8) is 0 Å². The average Bonchev–Trinajstić information content (AvgIpc) is 3.37. The van der Waals surface area contributed by atoms with E-state index >= 15 is 0 Å². The summed E-state index contributed by atoms with van der Waals surface area (Å²) >= 11 is 0. The van der Waals surface area contributed by atoms with Gasteiger partial charge in [0.1, 0.15) is 0 Å². The van der Waals surface area contributed by atoms with Gasteiger partial charge in [0, 0.05) is 44.0 Å². The first-order valence-electron chi connectivity index (χ1n) is 9.21. The fraction of sp³-hybridized carbons (Fsp3) is 0.444. The number of carbonyl (C=O) groups excluding carboxylic acids is 2. The number of nitrogens with zero attached hydrogens (tertiary/aromatic N) is 5. The van der Waals surface area contributed by atoms with Crippen LogP contribution < -0.4 is 16.0 Å². The van der Waals surface area contributed by atoms with E-state index in [-0.39, 0.29) is 18.0 Å². The zero-order chi connectivity index (χ0) is 18.8. The zero-order valence-corrected chi connectivity index (χ0v) is 15.0. The van der Waals surface area contributed by atoms with Crippen LogP contribution in [0.25, 0.3) is 0 Å². The van der Waals surface area contributed by atoms with Gasteiger partial charge in [0.2, 0.25) is 0 Å². The van der Waals surface area contributed by atoms with Gasteiger partial charge in [0.15, 0.2) is 0 Å². The Balaban J connectivity index is 1.47. The number of nitrogens with two attached hydrogens (primary N) is 1. The van der Waals surface area contributed by atoms with Crippen molar-refractivity contribution in [2.24, 2.45) is 5.73 Å². The molecule has 142 valence electrons. The predicted octanol–water partition coefficient (Wildman–Crippen LogP) is 0.744. The molecule has 3 amide bonds. The number of aromatic nitrogens is 3. The molecule has 9 nitrogen and oxygen atoms in total. The van der Waals surface area contributed by atoms with E-state index in [0.717, 1.165) is 24.2 Å². The Kier molecular flexibility index (Phi) is 4.76. The molecule has 3 heterocycles. The zero-order valence-electron chi connectivity index (χ0n) is 15.0. The molecule has 27 heavy (non-hydrogen) atoms. The number of benzene rings is 1. The molecule has 2 saturated heterocycles. The first-order valence-corrected chi connectivity index (χ1v) is 9.21. The number of urea groups is 1. The number of anilines is 1. The fourth-order valence-electron chi connectivity index (χ4n) is 3.59. The van der Waals surface area contributed by atoms with Gasteiger partial charge in [0.25, 0.3) is 5.91 Å². The monoisotopic (exact) mass is 369 g/mol. The van der Waals surface area contributed by atoms with Gasteiger partial charge in [-0.05, 0) is 31.0 Å². The molecule has 1 atom stereocenters. The third kappa shape index (κ3) is 3.50. The normalized spacial score (nSPS) is 20.0. The van der Waals surface area contributed by atoms with Gasteiger partial charge in [0.05, 0.1) is 17.9 Å². The highest BCUT2D eigenvalue weighted by atomic mass is 16.2. The van der Waals surface area contributed by atoms with Crippen LogP contribution in [0.2, 0.25) is 0 Å². The van der Waals surface area contributed by atoms with E-state index in [2.05, 4.69) is 15.6 Å². The molecule has 9 heteroatoms. The van der Waals surface area contributed by atoms with Crippen LogP contribution in [0.3, 0.4) is 0 Å². The van der Waals surface area contributed by atoms with Gasteiger partial charge in [-0.15, -0.1) is 5.10 Å². The highest BCUT2D eigenvalue weighted by molar-refractivity contribution is 5.98. The molecule has 3 N–H and O–H groups in total. The second kappa shape index (κ2) is 7.36. The number of rotatable bonds is 4. The van der Waals surface area contributed by atoms with Crippen molar-refractivity contribution in [2.75, 3.05) is 31.1 Å². The van der Waals surface area contributed by atoms with E-state index in [1.165, 1.54) is 0 Å². The Labute approximate surface area is 157 Å². The highest BCUT2D eigenvalue weighted by Crippen LogP contribution is 2.24. The smallest absolute Gasteiger partial charge is 0.321 e. The lowest BCUT2D eigenvalue weighted by atomic mass is 10.1. The van der Waals surface area contributed by atoms with Crippen LogP contribution in [-0.4, -0.2) is 58.0 Å². The summed E-state index contributed by atoms with van der Waals surface area (Å²) in [5.74, 6) is -0.0315. The number of likely N-dealkylation sites (tertiary alicyclic amines) is 1. The first-order chi connectivity index (χ1) is 13.2. The lowest BCUT2D eigenvalue weighted by Crippen LogP contribution is -2.46. The maximum atomic E-state index is 12.9. The van der Waals surface area contributed by atoms with Crippen molar-refractivity contribution in [3.8, 4) is 0 Å². The van der Waals surface area contributed by atoms with Crippen molar-refractivity contribution in [1.29, 1.82) is 0 Å². The van der Waals surface area contributed by atoms with E-state index in [0.29, 0.717) is 38.3 Å². The summed E-state index contributed by atoms with van der Waals surface area (Å²) < 4.78 is 1.80. The fourth-order valence-corrected chi connectivity index (χ4v) is 3.59. The van der Waals surface area contributed by atoms with Crippen LogP contribution in [-0.2, 0) is 6.54 Å². The second-order valence-electron chi connectivity index (χ2n) is 6.88. The number of amides is 3. The summed E-state index contributed by atoms with van der Waals surface area (Å²) in [5.41, 5.74) is 7.67. The van der Waals surface area contributed by atoms with E-state index < -0.39 is 0 Å². The van der Waals surface area contributed by atoms with E-state index in [4.69, 9.17) is 5.73 Å². The largest absolute Gasteiger partial charge is 0.338 e. The van der Waals surface area contributed by atoms with E-state index in [1.807, 2.05) is 23.2 Å². The molecule has 1 unspecified atom stereocenters. The van der Waals surface area contributed by atoms with Gasteiger partial charge < -0.3 is 16.0 Å². The molecule has 2 aromatic rings. The lowest BCUT2D eigenvalue weighted by molar-refractivity contribution is 0.0787. The minimum atomic E-state index is -0.117. The summed E-state index contributed by atoms with van der Waals surface area (Å²) in [6.45, 7) is 2.95. The van der Waals surface area contributed by atoms with Gasteiger partial charge >= 0.3 is 6.03 Å². The van der Waals surface area contributed by atoms with E-state index in [9.17, 15) is 9.59 Å². The van der Waals surface area contributed by atoms with Crippen LogP contribution in [0, 0.1) is 0 Å². The minimum Gasteiger partial charge on any atom is -0.338 e. The molecule has 0 saturated carbocycles. The van der Waals surface area contributed by atoms with Gasteiger partial charge in [-0.1, -0.05) is 11.3 Å². The van der Waals surface area contributed by atoms with Crippen molar-refractivity contribution >= 4 is 17.6 Å². The molecule has 1 aromatic heterocycles. The Morgan fingerprint density at radius 1 is 1.33 bits per heavy atom. The first kappa shape index (κ1) is 17.5. The maximum Gasteiger partial charge on any atom is 0.321 e. The summed E-state index contributed by atoms with van der Waals surface area (Å²) in [5, 5.41) is 11.0. The number of hydrogen-bond donors (Lipinski definition) is 2. The molecular weight excluding hydrogens is 346 g/mol. The van der Waals surface area contributed by atoms with E-state index in [1.54, 1.807) is 21.7 Å². The summed E-state index contributed by atoms with van der Waals surface area (Å²) in [4.78, 5) is 28.5. The SMILES string of the molecule is NCc1cn(C2CCN(C(=O)c3cccc(N4CCCNC4=O)c3)C2)nn1. The standard InChI is InChI=1S/C18H23N7O2/c19-10-14-11-25(22-21-14)16-5-8-23(12-16)17(26)13-3-1-4-15(9-13)24-7-2-6-20-18(24)27/h1,3-4,9,11,16H,2,5-8,10,12,19H2,(H,20,27). The van der Waals surface area contributed by atoms with Gasteiger partial charge in [-0.2, -0.15) is 0 Å². The molecule has 0 bridgehead atoms. The number of hydrogen-bond acceptors (Lipinski definition) is 5.